The smallest absolute Gasteiger partial charge is 0.225 e. The van der Waals surface area contributed by atoms with Gasteiger partial charge in [0.15, 0.2) is 0 Å². The van der Waals surface area contributed by atoms with E-state index in [1.54, 1.807) is 0 Å². The molecule has 0 unspecified atom stereocenters. The van der Waals surface area contributed by atoms with E-state index in [1.807, 2.05) is 0 Å². The molecule has 0 aliphatic carbocycles. The van der Waals surface area contributed by atoms with Gasteiger partial charge in [-0.15, -0.1) is 0 Å². The van der Waals surface area contributed by atoms with Crippen molar-refractivity contribution in [2.24, 2.45) is 0 Å². The highest BCUT2D eigenvalue weighted by Gasteiger charge is 2.21. The molecule has 1 saturated heterocycles. The summed E-state index contributed by atoms with van der Waals surface area (Å²) in [6.07, 6.45) is 3.24. The number of rotatable bonds is 3. The average Bonchev–Trinajstić information content (AvgIpc) is 2.48. The van der Waals surface area contributed by atoms with Crippen molar-refractivity contribution in [2.45, 2.75) is 32.7 Å². The summed E-state index contributed by atoms with van der Waals surface area (Å²) in [5.41, 5.74) is 3.89. The first-order valence-electron chi connectivity index (χ1n) is 7.81. The number of anilines is 1. The van der Waals surface area contributed by atoms with Crippen LogP contribution >= 0.6 is 0 Å². The normalized spacial score (nSPS) is 20.0. The van der Waals surface area contributed by atoms with Crippen molar-refractivity contribution in [1.82, 2.24) is 20.2 Å². The molecule has 1 N–H and O–H groups in total. The summed E-state index contributed by atoms with van der Waals surface area (Å²) in [4.78, 5) is 14.5. The van der Waals surface area contributed by atoms with Crippen molar-refractivity contribution >= 4 is 5.95 Å². The minimum Gasteiger partial charge on any atom is -0.338 e. The van der Waals surface area contributed by atoms with Crippen molar-refractivity contribution < 1.29 is 0 Å². The molecule has 1 fully saturated rings. The molecule has 110 valence electrons. The van der Waals surface area contributed by atoms with Gasteiger partial charge in [0, 0.05) is 51.3 Å². The van der Waals surface area contributed by atoms with Crippen LogP contribution in [0.4, 0.5) is 5.95 Å². The Bertz CT molecular complexity index is 466. The minimum atomic E-state index is 0.938. The van der Waals surface area contributed by atoms with Gasteiger partial charge in [0.25, 0.3) is 0 Å². The largest absolute Gasteiger partial charge is 0.338 e. The van der Waals surface area contributed by atoms with Crippen LogP contribution in [0.1, 0.15) is 30.3 Å². The molecule has 20 heavy (non-hydrogen) atoms. The topological polar surface area (TPSA) is 44.3 Å². The van der Waals surface area contributed by atoms with E-state index in [0.717, 1.165) is 64.5 Å². The molecule has 1 aromatic heterocycles. The lowest BCUT2D eigenvalue weighted by Crippen LogP contribution is -2.45. The molecule has 5 nitrogen and oxygen atoms in total. The number of aryl methyl sites for hydroxylation is 1. The number of fused-ring (bicyclic) bond motifs is 1. The maximum Gasteiger partial charge on any atom is 0.225 e. The van der Waals surface area contributed by atoms with Crippen molar-refractivity contribution in [3.63, 3.8) is 0 Å². The number of aromatic nitrogens is 2. The van der Waals surface area contributed by atoms with E-state index in [2.05, 4.69) is 29.1 Å². The van der Waals surface area contributed by atoms with Gasteiger partial charge in [-0.2, -0.15) is 0 Å². The second-order valence-electron chi connectivity index (χ2n) is 5.86. The summed E-state index contributed by atoms with van der Waals surface area (Å²) in [6.45, 7) is 8.49. The van der Waals surface area contributed by atoms with Crippen LogP contribution in [-0.2, 0) is 19.4 Å². The zero-order chi connectivity index (χ0) is 13.9. The van der Waals surface area contributed by atoms with Gasteiger partial charge in [-0.1, -0.05) is 13.3 Å². The Kier molecular flexibility index (Phi) is 4.17. The number of hydrogen-bond donors (Lipinski definition) is 1. The average molecular weight is 275 g/mol. The first-order chi connectivity index (χ1) is 9.78. The molecule has 2 aliphatic rings. The molecule has 0 spiro atoms. The number of nitrogens with zero attached hydrogens (tertiary/aromatic N) is 4. The van der Waals surface area contributed by atoms with Crippen LogP contribution in [0.25, 0.3) is 0 Å². The van der Waals surface area contributed by atoms with Crippen LogP contribution in [-0.4, -0.2) is 54.6 Å². The highest BCUT2D eigenvalue weighted by molar-refractivity contribution is 5.39. The lowest BCUT2D eigenvalue weighted by atomic mass is 10.0. The molecule has 5 heteroatoms. The van der Waals surface area contributed by atoms with E-state index < -0.39 is 0 Å². The van der Waals surface area contributed by atoms with Gasteiger partial charge < -0.3 is 15.1 Å². The van der Waals surface area contributed by atoms with E-state index in [4.69, 9.17) is 9.97 Å². The summed E-state index contributed by atoms with van der Waals surface area (Å²) >= 11 is 0. The SMILES string of the molecule is CCCc1nc(N2CCN(C)CC2)nc2c1CNCC2. The molecule has 0 aromatic carbocycles. The highest BCUT2D eigenvalue weighted by Crippen LogP contribution is 2.21. The van der Waals surface area contributed by atoms with Crippen LogP contribution in [0.3, 0.4) is 0 Å². The second-order valence-corrected chi connectivity index (χ2v) is 5.86. The predicted molar refractivity (Wildman–Crippen MR) is 81.1 cm³/mol. The van der Waals surface area contributed by atoms with Gasteiger partial charge in [-0.25, -0.2) is 9.97 Å². The molecule has 3 rings (SSSR count). The Labute approximate surface area is 121 Å². The van der Waals surface area contributed by atoms with Crippen molar-refractivity contribution in [3.8, 4) is 0 Å². The molecule has 1 aromatic rings. The summed E-state index contributed by atoms with van der Waals surface area (Å²) in [7, 11) is 2.18. The van der Waals surface area contributed by atoms with E-state index in [0.29, 0.717) is 0 Å². The molecule has 0 saturated carbocycles. The third kappa shape index (κ3) is 2.79. The molecule has 3 heterocycles. The Morgan fingerprint density at radius 2 is 1.95 bits per heavy atom. The highest BCUT2D eigenvalue weighted by atomic mass is 15.3. The van der Waals surface area contributed by atoms with Gasteiger partial charge in [0.2, 0.25) is 5.95 Å². The number of piperazine rings is 1. The lowest BCUT2D eigenvalue weighted by Gasteiger charge is -2.33. The third-order valence-corrected chi connectivity index (χ3v) is 4.28. The van der Waals surface area contributed by atoms with Crippen LogP contribution in [0, 0.1) is 0 Å². The standard InChI is InChI=1S/C15H25N5/c1-3-4-13-12-11-16-6-5-14(12)18-15(17-13)20-9-7-19(2)8-10-20/h16H,3-11H2,1-2H3. The molecule has 0 amide bonds. The summed E-state index contributed by atoms with van der Waals surface area (Å²) < 4.78 is 0. The molecule has 0 radical (unpaired) electrons. The number of nitrogens with one attached hydrogen (secondary N) is 1. The van der Waals surface area contributed by atoms with E-state index >= 15 is 0 Å². The molecular weight excluding hydrogens is 250 g/mol. The molecule has 0 bridgehead atoms. The fraction of sp³-hybridized carbons (Fsp3) is 0.733. The van der Waals surface area contributed by atoms with Gasteiger partial charge in [-0.3, -0.25) is 0 Å². The van der Waals surface area contributed by atoms with Gasteiger partial charge in [0.05, 0.1) is 11.4 Å². The summed E-state index contributed by atoms with van der Waals surface area (Å²) in [6, 6.07) is 0. The van der Waals surface area contributed by atoms with Crippen LogP contribution in [0.2, 0.25) is 0 Å². The monoisotopic (exact) mass is 275 g/mol. The van der Waals surface area contributed by atoms with Gasteiger partial charge in [-0.05, 0) is 13.5 Å². The molecule has 0 atom stereocenters. The fourth-order valence-electron chi connectivity index (χ4n) is 2.99. The van der Waals surface area contributed by atoms with Crippen LogP contribution < -0.4 is 10.2 Å². The number of hydrogen-bond acceptors (Lipinski definition) is 5. The minimum absolute atomic E-state index is 0.938. The first kappa shape index (κ1) is 13.8. The predicted octanol–water partition coefficient (Wildman–Crippen LogP) is 0.827. The van der Waals surface area contributed by atoms with E-state index in [9.17, 15) is 0 Å². The summed E-state index contributed by atoms with van der Waals surface area (Å²) in [5, 5.41) is 3.44. The van der Waals surface area contributed by atoms with Crippen LogP contribution in [0.5, 0.6) is 0 Å². The fourth-order valence-corrected chi connectivity index (χ4v) is 2.99. The quantitative estimate of drug-likeness (QED) is 0.885. The maximum atomic E-state index is 4.88. The zero-order valence-electron chi connectivity index (χ0n) is 12.7. The van der Waals surface area contributed by atoms with Crippen LogP contribution in [0.15, 0.2) is 0 Å². The Balaban J connectivity index is 1.89. The third-order valence-electron chi connectivity index (χ3n) is 4.28. The molecule has 2 aliphatic heterocycles. The lowest BCUT2D eigenvalue weighted by molar-refractivity contribution is 0.311. The van der Waals surface area contributed by atoms with Crippen molar-refractivity contribution in [1.29, 1.82) is 0 Å². The Morgan fingerprint density at radius 3 is 2.70 bits per heavy atom. The van der Waals surface area contributed by atoms with Gasteiger partial charge >= 0.3 is 0 Å². The number of likely N-dealkylation sites (N-methyl/N-ethyl adjacent to an activating group) is 1. The van der Waals surface area contributed by atoms with E-state index in [-0.39, 0.29) is 0 Å². The van der Waals surface area contributed by atoms with Crippen molar-refractivity contribution in [2.75, 3.05) is 44.7 Å². The van der Waals surface area contributed by atoms with Gasteiger partial charge in [0.1, 0.15) is 0 Å². The van der Waals surface area contributed by atoms with Crippen molar-refractivity contribution in [3.05, 3.63) is 17.0 Å². The summed E-state index contributed by atoms with van der Waals surface area (Å²) in [5.74, 6) is 0.960. The second kappa shape index (κ2) is 6.06. The molecular formula is C15H25N5. The van der Waals surface area contributed by atoms with E-state index in [1.165, 1.54) is 17.0 Å². The Hall–Kier alpha value is -1.20. The first-order valence-corrected chi connectivity index (χ1v) is 7.81. The maximum absolute atomic E-state index is 4.88. The zero-order valence-corrected chi connectivity index (χ0v) is 12.7. The Morgan fingerprint density at radius 1 is 1.15 bits per heavy atom.